The van der Waals surface area contributed by atoms with Crippen LogP contribution in [-0.4, -0.2) is 18.5 Å². The summed E-state index contributed by atoms with van der Waals surface area (Å²) in [6.45, 7) is 6.46. The van der Waals surface area contributed by atoms with Crippen molar-refractivity contribution in [3.63, 3.8) is 0 Å². The topological polar surface area (TPSA) is 55.1 Å². The van der Waals surface area contributed by atoms with E-state index in [0.29, 0.717) is 13.0 Å². The van der Waals surface area contributed by atoms with E-state index in [1.807, 2.05) is 39.0 Å². The zero-order valence-electron chi connectivity index (χ0n) is 10.9. The molecule has 1 atom stereocenters. The molecule has 1 unspecified atom stereocenters. The highest BCUT2D eigenvalue weighted by molar-refractivity contribution is 5.77. The van der Waals surface area contributed by atoms with Crippen LogP contribution in [-0.2, 0) is 4.79 Å². The Kier molecular flexibility index (Phi) is 5.16. The van der Waals surface area contributed by atoms with Crippen molar-refractivity contribution in [3.05, 3.63) is 35.4 Å². The maximum atomic E-state index is 11.7. The lowest BCUT2D eigenvalue weighted by atomic mass is 9.94. The molecule has 3 N–H and O–H groups in total. The number of carbonyl (C=O) groups is 1. The second-order valence-electron chi connectivity index (χ2n) is 4.77. The van der Waals surface area contributed by atoms with Gasteiger partial charge in [-0.3, -0.25) is 4.79 Å². The Morgan fingerprint density at radius 3 is 2.65 bits per heavy atom. The molecule has 0 aliphatic carbocycles. The molecular weight excluding hydrogens is 212 g/mol. The molecule has 3 nitrogen and oxygen atoms in total. The summed E-state index contributed by atoms with van der Waals surface area (Å²) in [5.41, 5.74) is 8.10. The molecule has 0 saturated heterocycles. The van der Waals surface area contributed by atoms with E-state index in [1.165, 1.54) is 5.56 Å². The van der Waals surface area contributed by atoms with Crippen molar-refractivity contribution in [1.82, 2.24) is 5.32 Å². The maximum absolute atomic E-state index is 11.7. The van der Waals surface area contributed by atoms with Gasteiger partial charge in [-0.1, -0.05) is 29.8 Å². The summed E-state index contributed by atoms with van der Waals surface area (Å²) in [7, 11) is 0. The second-order valence-corrected chi connectivity index (χ2v) is 4.77. The summed E-state index contributed by atoms with van der Waals surface area (Å²) in [6, 6.07) is 8.37. The molecular formula is C14H22N2O. The minimum Gasteiger partial charge on any atom is -0.354 e. The molecule has 94 valence electrons. The highest BCUT2D eigenvalue weighted by Crippen LogP contribution is 2.19. The molecule has 0 radical (unpaired) electrons. The number of nitrogens with two attached hydrogens (primary N) is 1. The molecule has 0 aliphatic rings. The van der Waals surface area contributed by atoms with Crippen molar-refractivity contribution in [2.75, 3.05) is 6.54 Å². The lowest BCUT2D eigenvalue weighted by Crippen LogP contribution is -2.32. The van der Waals surface area contributed by atoms with E-state index in [1.54, 1.807) is 0 Å². The number of hydrogen-bond acceptors (Lipinski definition) is 2. The average Bonchev–Trinajstić information content (AvgIpc) is 2.24. The number of hydrogen-bond donors (Lipinski definition) is 2. The molecule has 1 aromatic carbocycles. The third-order valence-electron chi connectivity index (χ3n) is 2.68. The summed E-state index contributed by atoms with van der Waals surface area (Å²) >= 11 is 0. The lowest BCUT2D eigenvalue weighted by molar-refractivity contribution is -0.121. The van der Waals surface area contributed by atoms with Crippen LogP contribution in [0.5, 0.6) is 0 Å². The summed E-state index contributed by atoms with van der Waals surface area (Å²) in [5.74, 6) is 0.172. The molecule has 0 spiro atoms. The van der Waals surface area contributed by atoms with Gasteiger partial charge in [0.2, 0.25) is 5.91 Å². The van der Waals surface area contributed by atoms with E-state index < -0.39 is 0 Å². The molecule has 17 heavy (non-hydrogen) atoms. The number of aryl methyl sites for hydroxylation is 1. The van der Waals surface area contributed by atoms with Crippen molar-refractivity contribution in [2.45, 2.75) is 39.2 Å². The fraction of sp³-hybridized carbons (Fsp3) is 0.500. The van der Waals surface area contributed by atoms with Crippen LogP contribution in [0.25, 0.3) is 0 Å². The first-order valence-corrected chi connectivity index (χ1v) is 6.09. The molecule has 0 bridgehead atoms. The number of benzene rings is 1. The third kappa shape index (κ3) is 4.57. The molecule has 0 saturated carbocycles. The standard InChI is InChI=1S/C14H22N2O/c1-10(2)16-14(17)8-13(9-15)12-6-4-5-11(3)7-12/h4-7,10,13H,8-9,15H2,1-3H3,(H,16,17). The Bertz CT molecular complexity index is 374. The van der Waals surface area contributed by atoms with Gasteiger partial charge in [0.25, 0.3) is 0 Å². The molecule has 0 fully saturated rings. The Morgan fingerprint density at radius 1 is 1.41 bits per heavy atom. The van der Waals surface area contributed by atoms with E-state index in [4.69, 9.17) is 5.73 Å². The van der Waals surface area contributed by atoms with Gasteiger partial charge in [-0.2, -0.15) is 0 Å². The van der Waals surface area contributed by atoms with Gasteiger partial charge in [0.1, 0.15) is 0 Å². The maximum Gasteiger partial charge on any atom is 0.220 e. The van der Waals surface area contributed by atoms with Crippen LogP contribution in [0.4, 0.5) is 0 Å². The van der Waals surface area contributed by atoms with Crippen LogP contribution in [0.2, 0.25) is 0 Å². The highest BCUT2D eigenvalue weighted by atomic mass is 16.1. The zero-order chi connectivity index (χ0) is 12.8. The molecule has 1 amide bonds. The fourth-order valence-electron chi connectivity index (χ4n) is 1.87. The summed E-state index contributed by atoms with van der Waals surface area (Å²) in [6.07, 6.45) is 0.456. The summed E-state index contributed by atoms with van der Waals surface area (Å²) < 4.78 is 0. The Hall–Kier alpha value is -1.35. The predicted octanol–water partition coefficient (Wildman–Crippen LogP) is 1.95. The van der Waals surface area contributed by atoms with Gasteiger partial charge in [0.15, 0.2) is 0 Å². The quantitative estimate of drug-likeness (QED) is 0.818. The van der Waals surface area contributed by atoms with Gasteiger partial charge in [-0.05, 0) is 32.9 Å². The van der Waals surface area contributed by atoms with Gasteiger partial charge in [0, 0.05) is 18.4 Å². The average molecular weight is 234 g/mol. The van der Waals surface area contributed by atoms with Crippen LogP contribution in [0.3, 0.4) is 0 Å². The molecule has 0 aromatic heterocycles. The molecule has 0 heterocycles. The Morgan fingerprint density at radius 2 is 2.12 bits per heavy atom. The van der Waals surface area contributed by atoms with E-state index >= 15 is 0 Å². The minimum absolute atomic E-state index is 0.0666. The smallest absolute Gasteiger partial charge is 0.220 e. The Balaban J connectivity index is 2.69. The van der Waals surface area contributed by atoms with Crippen molar-refractivity contribution in [3.8, 4) is 0 Å². The number of amides is 1. The molecule has 1 aromatic rings. The van der Waals surface area contributed by atoms with Crippen molar-refractivity contribution >= 4 is 5.91 Å². The SMILES string of the molecule is Cc1cccc(C(CN)CC(=O)NC(C)C)c1. The first kappa shape index (κ1) is 13.7. The minimum atomic E-state index is 0.0666. The molecule has 1 rings (SSSR count). The van der Waals surface area contributed by atoms with Crippen LogP contribution >= 0.6 is 0 Å². The second kappa shape index (κ2) is 6.40. The van der Waals surface area contributed by atoms with Gasteiger partial charge >= 0.3 is 0 Å². The lowest BCUT2D eigenvalue weighted by Gasteiger charge is -2.16. The highest BCUT2D eigenvalue weighted by Gasteiger charge is 2.15. The van der Waals surface area contributed by atoms with Crippen LogP contribution < -0.4 is 11.1 Å². The Labute approximate surface area is 103 Å². The van der Waals surface area contributed by atoms with Gasteiger partial charge in [-0.15, -0.1) is 0 Å². The normalized spacial score (nSPS) is 12.5. The van der Waals surface area contributed by atoms with Crippen molar-refractivity contribution < 1.29 is 4.79 Å². The summed E-state index contributed by atoms with van der Waals surface area (Å²) in [4.78, 5) is 11.7. The molecule has 0 aliphatic heterocycles. The predicted molar refractivity (Wildman–Crippen MR) is 70.9 cm³/mol. The van der Waals surface area contributed by atoms with Gasteiger partial charge in [-0.25, -0.2) is 0 Å². The number of carbonyl (C=O) groups excluding carboxylic acids is 1. The van der Waals surface area contributed by atoms with Crippen LogP contribution in [0.15, 0.2) is 24.3 Å². The van der Waals surface area contributed by atoms with Crippen molar-refractivity contribution in [2.24, 2.45) is 5.73 Å². The summed E-state index contributed by atoms with van der Waals surface area (Å²) in [5, 5.41) is 2.90. The molecule has 3 heteroatoms. The first-order valence-electron chi connectivity index (χ1n) is 6.09. The van der Waals surface area contributed by atoms with E-state index in [0.717, 1.165) is 5.56 Å². The fourth-order valence-corrected chi connectivity index (χ4v) is 1.87. The van der Waals surface area contributed by atoms with Crippen LogP contribution in [0, 0.1) is 6.92 Å². The zero-order valence-corrected chi connectivity index (χ0v) is 10.9. The van der Waals surface area contributed by atoms with Gasteiger partial charge < -0.3 is 11.1 Å². The van der Waals surface area contributed by atoms with E-state index in [-0.39, 0.29) is 17.9 Å². The van der Waals surface area contributed by atoms with Gasteiger partial charge in [0.05, 0.1) is 0 Å². The van der Waals surface area contributed by atoms with Crippen LogP contribution in [0.1, 0.15) is 37.3 Å². The largest absolute Gasteiger partial charge is 0.354 e. The number of nitrogens with one attached hydrogen (secondary N) is 1. The third-order valence-corrected chi connectivity index (χ3v) is 2.68. The van der Waals surface area contributed by atoms with E-state index in [2.05, 4.69) is 11.4 Å². The monoisotopic (exact) mass is 234 g/mol. The number of rotatable bonds is 5. The van der Waals surface area contributed by atoms with E-state index in [9.17, 15) is 4.79 Å². The van der Waals surface area contributed by atoms with Crippen molar-refractivity contribution in [1.29, 1.82) is 0 Å². The first-order chi connectivity index (χ1) is 8.02.